The molecule has 82 heavy (non-hydrogen) atoms. The quantitative estimate of drug-likeness (QED) is 0.120. The summed E-state index contributed by atoms with van der Waals surface area (Å²) in [4.78, 5) is 4.94. The first kappa shape index (κ1) is 48.6. The average molecular weight is 1050 g/mol. The third-order valence-corrected chi connectivity index (χ3v) is 17.2. The second kappa shape index (κ2) is 20.3. The van der Waals surface area contributed by atoms with Crippen molar-refractivity contribution in [3.63, 3.8) is 0 Å². The standard InChI is InChI=1S/C80H56N2/c1-7-26-57(27-8-1)59-46-50-67(51-47-59)81(65-36-15-5-16-37-65)69-55-76-78(77(56-69)82(66-38-17-6-18-39-66)68-52-48-60(49-53-68)58-28-9-2-10-29-58)72-42-21-24-45-75(72)80(76,62-32-13-4-14-33-62)64-35-25-34-63(54-64)79(61-30-11-3-12-31-61)73-43-22-19-40-70(73)71-41-20-23-44-74(71)79/h1-56H. The molecule has 13 aromatic carbocycles. The molecule has 0 N–H and O–H groups in total. The smallest absolute Gasteiger partial charge is 0.0715 e. The lowest BCUT2D eigenvalue weighted by molar-refractivity contribution is 0.740. The lowest BCUT2D eigenvalue weighted by Crippen LogP contribution is -2.32. The molecule has 0 aliphatic heterocycles. The Balaban J connectivity index is 1.05. The summed E-state index contributed by atoms with van der Waals surface area (Å²) >= 11 is 0. The zero-order chi connectivity index (χ0) is 54.5. The number of rotatable bonds is 12. The monoisotopic (exact) mass is 1040 g/mol. The van der Waals surface area contributed by atoms with Gasteiger partial charge in [-0.25, -0.2) is 0 Å². The van der Waals surface area contributed by atoms with Crippen molar-refractivity contribution in [2.75, 3.05) is 9.80 Å². The van der Waals surface area contributed by atoms with Gasteiger partial charge in [-0.05, 0) is 144 Å². The van der Waals surface area contributed by atoms with Gasteiger partial charge in [0.2, 0.25) is 0 Å². The van der Waals surface area contributed by atoms with Crippen LogP contribution >= 0.6 is 0 Å². The van der Waals surface area contributed by atoms with E-state index in [9.17, 15) is 0 Å². The van der Waals surface area contributed by atoms with Gasteiger partial charge in [-0.15, -0.1) is 0 Å². The van der Waals surface area contributed by atoms with Gasteiger partial charge in [0.1, 0.15) is 0 Å². The van der Waals surface area contributed by atoms with Crippen LogP contribution in [-0.4, -0.2) is 0 Å². The number of nitrogens with zero attached hydrogens (tertiary/aromatic N) is 2. The Hall–Kier alpha value is -10.5. The summed E-state index contributed by atoms with van der Waals surface area (Å²) in [6.07, 6.45) is 0. The van der Waals surface area contributed by atoms with Crippen LogP contribution in [0.25, 0.3) is 44.5 Å². The topological polar surface area (TPSA) is 6.48 Å². The molecule has 15 rings (SSSR count). The molecule has 2 aliphatic carbocycles. The molecule has 2 heteroatoms. The largest absolute Gasteiger partial charge is 0.310 e. The number of anilines is 6. The van der Waals surface area contributed by atoms with Gasteiger partial charge in [0.15, 0.2) is 0 Å². The average Bonchev–Trinajstić information content (AvgIpc) is 2.64. The van der Waals surface area contributed by atoms with Crippen molar-refractivity contribution in [2.24, 2.45) is 0 Å². The Labute approximate surface area is 480 Å². The molecule has 0 bridgehead atoms. The molecule has 0 amide bonds. The predicted molar refractivity (Wildman–Crippen MR) is 341 cm³/mol. The summed E-state index contributed by atoms with van der Waals surface area (Å²) in [5.41, 5.74) is 24.4. The fourth-order valence-corrected chi connectivity index (χ4v) is 13.7. The van der Waals surface area contributed by atoms with Gasteiger partial charge in [-0.3, -0.25) is 0 Å². The lowest BCUT2D eigenvalue weighted by Gasteiger charge is -2.38. The van der Waals surface area contributed by atoms with E-state index in [1.807, 2.05) is 0 Å². The minimum absolute atomic E-state index is 0.609. The van der Waals surface area contributed by atoms with Crippen LogP contribution in [0.3, 0.4) is 0 Å². The maximum atomic E-state index is 2.56. The van der Waals surface area contributed by atoms with E-state index in [-0.39, 0.29) is 0 Å². The van der Waals surface area contributed by atoms with Gasteiger partial charge in [0.25, 0.3) is 0 Å². The number of fused-ring (bicyclic) bond motifs is 6. The molecular weight excluding hydrogens is 989 g/mol. The first-order valence-electron chi connectivity index (χ1n) is 28.4. The van der Waals surface area contributed by atoms with E-state index in [0.717, 1.165) is 34.1 Å². The van der Waals surface area contributed by atoms with E-state index in [4.69, 9.17) is 0 Å². The van der Waals surface area contributed by atoms with E-state index in [1.54, 1.807) is 0 Å². The van der Waals surface area contributed by atoms with Crippen LogP contribution in [0, 0.1) is 0 Å². The first-order valence-corrected chi connectivity index (χ1v) is 28.4. The van der Waals surface area contributed by atoms with Crippen molar-refractivity contribution < 1.29 is 0 Å². The van der Waals surface area contributed by atoms with Gasteiger partial charge < -0.3 is 9.80 Å². The van der Waals surface area contributed by atoms with Crippen molar-refractivity contribution in [1.29, 1.82) is 0 Å². The third kappa shape index (κ3) is 7.79. The second-order valence-electron chi connectivity index (χ2n) is 21.5. The molecule has 0 fully saturated rings. The van der Waals surface area contributed by atoms with Crippen LogP contribution in [0.2, 0.25) is 0 Å². The Morgan fingerprint density at radius 3 is 1.00 bits per heavy atom. The van der Waals surface area contributed by atoms with Crippen LogP contribution < -0.4 is 9.80 Å². The number of hydrogen-bond donors (Lipinski definition) is 0. The lowest BCUT2D eigenvalue weighted by atomic mass is 9.64. The van der Waals surface area contributed by atoms with E-state index < -0.39 is 10.8 Å². The highest BCUT2D eigenvalue weighted by atomic mass is 15.2. The summed E-state index contributed by atoms with van der Waals surface area (Å²) in [6.45, 7) is 0. The molecule has 0 aromatic heterocycles. The molecular formula is C80H56N2. The molecule has 2 nitrogen and oxygen atoms in total. The highest BCUT2D eigenvalue weighted by Gasteiger charge is 2.51. The molecule has 1 atom stereocenters. The van der Waals surface area contributed by atoms with E-state index in [1.165, 1.54) is 89.0 Å². The van der Waals surface area contributed by atoms with Gasteiger partial charge in [0.05, 0.1) is 16.5 Å². The molecule has 1 unspecified atom stereocenters. The summed E-state index contributed by atoms with van der Waals surface area (Å²) < 4.78 is 0. The zero-order valence-corrected chi connectivity index (χ0v) is 45.2. The molecule has 2 aliphatic rings. The van der Waals surface area contributed by atoms with Crippen molar-refractivity contribution >= 4 is 34.1 Å². The maximum absolute atomic E-state index is 2.56. The van der Waals surface area contributed by atoms with Crippen LogP contribution in [-0.2, 0) is 10.8 Å². The summed E-state index contributed by atoms with van der Waals surface area (Å²) in [7, 11) is 0. The highest BCUT2D eigenvalue weighted by Crippen LogP contribution is 2.63. The molecule has 386 valence electrons. The minimum Gasteiger partial charge on any atom is -0.310 e. The Morgan fingerprint density at radius 2 is 0.524 bits per heavy atom. The SMILES string of the molecule is c1ccc(-c2ccc(N(c3ccccc3)c3cc(N(c4ccccc4)c4ccc(-c5ccccc5)cc4)c4c(c3)C(c3ccccc3)(c3cccc(C5(c6ccccc6)c6ccccc6-c6ccccc65)c3)c3ccccc3-4)cc2)cc1. The highest BCUT2D eigenvalue weighted by molar-refractivity contribution is 6.00. The Bertz CT molecular complexity index is 4360. The predicted octanol–water partition coefficient (Wildman–Crippen LogP) is 20.7. The first-order chi connectivity index (χ1) is 40.7. The summed E-state index contributed by atoms with van der Waals surface area (Å²) in [5.74, 6) is 0. The molecule has 0 heterocycles. The summed E-state index contributed by atoms with van der Waals surface area (Å²) in [5, 5.41) is 0. The number of benzene rings is 13. The van der Waals surface area contributed by atoms with Crippen LogP contribution in [0.4, 0.5) is 34.1 Å². The molecule has 0 saturated carbocycles. The third-order valence-electron chi connectivity index (χ3n) is 17.2. The molecule has 0 radical (unpaired) electrons. The van der Waals surface area contributed by atoms with E-state index in [0.29, 0.717) is 0 Å². The van der Waals surface area contributed by atoms with Gasteiger partial charge in [-0.2, -0.15) is 0 Å². The Morgan fingerprint density at radius 1 is 0.195 bits per heavy atom. The number of para-hydroxylation sites is 2. The molecule has 0 spiro atoms. The molecule has 13 aromatic rings. The van der Waals surface area contributed by atoms with Crippen molar-refractivity contribution in [3.05, 3.63) is 384 Å². The number of hydrogen-bond acceptors (Lipinski definition) is 2. The molecule has 0 saturated heterocycles. The fraction of sp³-hybridized carbons (Fsp3) is 0.0250. The van der Waals surface area contributed by atoms with Crippen LogP contribution in [0.15, 0.2) is 340 Å². The van der Waals surface area contributed by atoms with Gasteiger partial charge >= 0.3 is 0 Å². The maximum Gasteiger partial charge on any atom is 0.0715 e. The van der Waals surface area contributed by atoms with Crippen LogP contribution in [0.1, 0.15) is 44.5 Å². The van der Waals surface area contributed by atoms with Crippen molar-refractivity contribution in [2.45, 2.75) is 10.8 Å². The summed E-state index contributed by atoms with van der Waals surface area (Å²) in [6, 6.07) is 126. The minimum atomic E-state index is -0.817. The second-order valence-corrected chi connectivity index (χ2v) is 21.5. The normalized spacial score (nSPS) is 14.2. The van der Waals surface area contributed by atoms with E-state index in [2.05, 4.69) is 350 Å². The zero-order valence-electron chi connectivity index (χ0n) is 45.2. The van der Waals surface area contributed by atoms with E-state index >= 15 is 0 Å². The van der Waals surface area contributed by atoms with Gasteiger partial charge in [-0.1, -0.05) is 279 Å². The van der Waals surface area contributed by atoms with Crippen LogP contribution in [0.5, 0.6) is 0 Å². The fourth-order valence-electron chi connectivity index (χ4n) is 13.7. The van der Waals surface area contributed by atoms with Gasteiger partial charge in [0, 0.05) is 34.0 Å². The Kier molecular flexibility index (Phi) is 12.0. The van der Waals surface area contributed by atoms with Crippen molar-refractivity contribution in [3.8, 4) is 44.5 Å². The van der Waals surface area contributed by atoms with Crippen molar-refractivity contribution in [1.82, 2.24) is 0 Å².